The minimum atomic E-state index is 0.803. The van der Waals surface area contributed by atoms with Crippen LogP contribution in [0.5, 0.6) is 0 Å². The van der Waals surface area contributed by atoms with Gasteiger partial charge in [-0.25, -0.2) is 0 Å². The molecule has 0 aliphatic rings. The van der Waals surface area contributed by atoms with Gasteiger partial charge in [0.2, 0.25) is 0 Å². The Hall–Kier alpha value is 0.210. The fourth-order valence-electron chi connectivity index (χ4n) is 0.285. The molecule has 0 saturated carbocycles. The summed E-state index contributed by atoms with van der Waals surface area (Å²) in [6.45, 7) is 15.9. The summed E-state index contributed by atoms with van der Waals surface area (Å²) in [5.41, 5.74) is 1.11. The summed E-state index contributed by atoms with van der Waals surface area (Å²) in [6, 6.07) is 0. The van der Waals surface area contributed by atoms with Crippen LogP contribution in [0, 0.1) is 0 Å². The maximum Gasteiger partial charge on any atom is 0.00530 e. The van der Waals surface area contributed by atoms with Gasteiger partial charge in [0.25, 0.3) is 0 Å². The predicted molar refractivity (Wildman–Crippen MR) is 70.1 cm³/mol. The molecule has 0 aromatic carbocycles. The number of hydrogen-bond donors (Lipinski definition) is 0. The predicted octanol–water partition coefficient (Wildman–Crippen LogP) is 4.99. The Morgan fingerprint density at radius 2 is 1.58 bits per heavy atom. The molecule has 0 atom stereocenters. The van der Waals surface area contributed by atoms with Crippen molar-refractivity contribution in [2.45, 2.75) is 45.5 Å². The van der Waals surface area contributed by atoms with E-state index in [-0.39, 0.29) is 0 Å². The minimum Gasteiger partial charge on any atom is -0.0961 e. The monoisotopic (exact) mass is 282 g/mol. The second-order valence-corrected chi connectivity index (χ2v) is 4.85. The van der Waals surface area contributed by atoms with Crippen molar-refractivity contribution in [2.24, 2.45) is 0 Å². The average molecular weight is 282 g/mol. The summed E-state index contributed by atoms with van der Waals surface area (Å²) in [5, 5.41) is 0. The first-order valence-electron chi connectivity index (χ1n) is 4.43. The number of hydrogen-bond acceptors (Lipinski definition) is 0. The van der Waals surface area contributed by atoms with Crippen molar-refractivity contribution >= 4 is 22.6 Å². The number of allylic oxidation sites excluding steroid dienone is 3. The average Bonchev–Trinajstić information content (AvgIpc) is 1.90. The molecular formula is C11H23I. The quantitative estimate of drug-likeness (QED) is 0.361. The summed E-state index contributed by atoms with van der Waals surface area (Å²) in [5.74, 6) is 0. The molecule has 0 heterocycles. The van der Waals surface area contributed by atoms with E-state index >= 15 is 0 Å². The molecule has 0 spiro atoms. The van der Waals surface area contributed by atoms with Crippen LogP contribution in [0.3, 0.4) is 0 Å². The molecule has 0 nitrogen and oxygen atoms in total. The Bertz CT molecular complexity index is 98.8. The van der Waals surface area contributed by atoms with Crippen molar-refractivity contribution in [3.63, 3.8) is 0 Å². The summed E-state index contributed by atoms with van der Waals surface area (Å²) in [4.78, 5) is 0. The lowest BCUT2D eigenvalue weighted by Gasteiger charge is -1.76. The maximum absolute atomic E-state index is 3.66. The summed E-state index contributed by atoms with van der Waals surface area (Å²) in [6.07, 6.45) is 3.95. The van der Waals surface area contributed by atoms with Gasteiger partial charge in [-0.05, 0) is 13.8 Å². The van der Waals surface area contributed by atoms with Crippen LogP contribution in [-0.4, -0.2) is 3.92 Å². The number of alkyl halides is 1. The summed E-state index contributed by atoms with van der Waals surface area (Å²) >= 11 is 2.34. The first kappa shape index (κ1) is 18.1. The van der Waals surface area contributed by atoms with Crippen LogP contribution in [0.25, 0.3) is 0 Å². The molecule has 0 bridgehead atoms. The van der Waals surface area contributed by atoms with E-state index in [1.54, 1.807) is 0 Å². The first-order valence-corrected chi connectivity index (χ1v) is 5.67. The molecule has 74 valence electrons. The van der Waals surface area contributed by atoms with Crippen LogP contribution in [-0.2, 0) is 0 Å². The van der Waals surface area contributed by atoms with Gasteiger partial charge in [-0.1, -0.05) is 74.6 Å². The smallest absolute Gasteiger partial charge is 0.00530 e. The van der Waals surface area contributed by atoms with Crippen LogP contribution >= 0.6 is 22.6 Å². The van der Waals surface area contributed by atoms with Crippen LogP contribution in [0.2, 0.25) is 0 Å². The zero-order chi connectivity index (χ0) is 10.6. The van der Waals surface area contributed by atoms with Crippen molar-refractivity contribution in [3.05, 3.63) is 24.3 Å². The molecule has 0 saturated heterocycles. The van der Waals surface area contributed by atoms with Crippen molar-refractivity contribution < 1.29 is 0 Å². The molecule has 0 amide bonds. The van der Waals surface area contributed by atoms with Gasteiger partial charge < -0.3 is 0 Å². The second-order valence-electron chi connectivity index (χ2n) is 2.36. The summed E-state index contributed by atoms with van der Waals surface area (Å²) < 4.78 is 0.803. The highest BCUT2D eigenvalue weighted by atomic mass is 127. The Labute approximate surface area is 92.3 Å². The van der Waals surface area contributed by atoms with Crippen LogP contribution in [0.1, 0.15) is 41.5 Å². The van der Waals surface area contributed by atoms with Gasteiger partial charge in [0.15, 0.2) is 0 Å². The van der Waals surface area contributed by atoms with Crippen molar-refractivity contribution in [3.8, 4) is 0 Å². The highest BCUT2D eigenvalue weighted by Gasteiger charge is 1.70. The maximum atomic E-state index is 3.66. The lowest BCUT2D eigenvalue weighted by molar-refractivity contribution is 1.16. The van der Waals surface area contributed by atoms with Gasteiger partial charge >= 0.3 is 0 Å². The zero-order valence-corrected chi connectivity index (χ0v) is 11.5. The summed E-state index contributed by atoms with van der Waals surface area (Å²) in [7, 11) is 0. The fourth-order valence-corrected chi connectivity index (χ4v) is 0.285. The Morgan fingerprint density at radius 3 is 1.58 bits per heavy atom. The van der Waals surface area contributed by atoms with Crippen LogP contribution in [0.4, 0.5) is 0 Å². The Balaban J connectivity index is -0.000000118. The Morgan fingerprint density at radius 1 is 1.33 bits per heavy atom. The zero-order valence-electron chi connectivity index (χ0n) is 9.32. The van der Waals surface area contributed by atoms with Gasteiger partial charge in [0, 0.05) is 3.92 Å². The minimum absolute atomic E-state index is 0.803. The third kappa shape index (κ3) is 84.0. The molecule has 0 aliphatic carbocycles. The lowest BCUT2D eigenvalue weighted by atomic mass is 10.3. The third-order valence-electron chi connectivity index (χ3n) is 0.451. The topological polar surface area (TPSA) is 0 Å². The van der Waals surface area contributed by atoms with E-state index in [2.05, 4.69) is 43.0 Å². The molecule has 1 heteroatoms. The van der Waals surface area contributed by atoms with Crippen LogP contribution < -0.4 is 0 Å². The highest BCUT2D eigenvalue weighted by molar-refractivity contribution is 14.1. The van der Waals surface area contributed by atoms with Crippen LogP contribution in [0.15, 0.2) is 24.3 Å². The standard InChI is InChI=1S/C6H10.C3H7I.C2H6/c1-4-5-6(2)3;1-3(2)4;1-2/h4-5H,2H2,1,3H3;3H,1-2H3;1-2H3/b5-4-;;. The van der Waals surface area contributed by atoms with E-state index in [0.29, 0.717) is 0 Å². The van der Waals surface area contributed by atoms with Crippen molar-refractivity contribution in [1.29, 1.82) is 0 Å². The van der Waals surface area contributed by atoms with Crippen molar-refractivity contribution in [2.75, 3.05) is 0 Å². The van der Waals surface area contributed by atoms with E-state index in [9.17, 15) is 0 Å². The van der Waals surface area contributed by atoms with E-state index in [1.807, 2.05) is 39.8 Å². The van der Waals surface area contributed by atoms with E-state index in [4.69, 9.17) is 0 Å². The molecule has 0 radical (unpaired) electrons. The molecule has 0 aromatic heterocycles. The van der Waals surface area contributed by atoms with Crippen molar-refractivity contribution in [1.82, 2.24) is 0 Å². The van der Waals surface area contributed by atoms with Gasteiger partial charge in [0.1, 0.15) is 0 Å². The molecule has 0 aromatic rings. The van der Waals surface area contributed by atoms with Gasteiger partial charge in [0.05, 0.1) is 0 Å². The van der Waals surface area contributed by atoms with Gasteiger partial charge in [-0.3, -0.25) is 0 Å². The molecule has 0 unspecified atom stereocenters. The van der Waals surface area contributed by atoms with Gasteiger partial charge in [-0.2, -0.15) is 0 Å². The van der Waals surface area contributed by atoms with E-state index < -0.39 is 0 Å². The third-order valence-corrected chi connectivity index (χ3v) is 0.451. The molecule has 0 rings (SSSR count). The number of rotatable bonds is 1. The van der Waals surface area contributed by atoms with E-state index in [0.717, 1.165) is 9.50 Å². The molecule has 0 fully saturated rings. The second kappa shape index (κ2) is 17.3. The normalized spacial score (nSPS) is 8.33. The molecule has 12 heavy (non-hydrogen) atoms. The fraction of sp³-hybridized carbons (Fsp3) is 0.636. The SMILES string of the molecule is C=C(C)/C=C\C.CC.CC(C)I. The Kier molecular flexibility index (Phi) is 26.1. The lowest BCUT2D eigenvalue weighted by Crippen LogP contribution is -1.69. The molecular weight excluding hydrogens is 259 g/mol. The van der Waals surface area contributed by atoms with Gasteiger partial charge in [-0.15, -0.1) is 0 Å². The molecule has 0 N–H and O–H groups in total. The largest absolute Gasteiger partial charge is 0.0961 e. The highest BCUT2D eigenvalue weighted by Crippen LogP contribution is 1.91. The van der Waals surface area contributed by atoms with E-state index in [1.165, 1.54) is 0 Å². The number of halogens is 1. The molecule has 0 aliphatic heterocycles. The first-order chi connectivity index (χ1) is 5.50.